The molecule has 2 aromatic rings. The summed E-state index contributed by atoms with van der Waals surface area (Å²) in [6.07, 6.45) is 3.62. The van der Waals surface area contributed by atoms with Crippen molar-refractivity contribution in [1.82, 2.24) is 14.7 Å². The predicted molar refractivity (Wildman–Crippen MR) is 145 cm³/mol. The third-order valence-electron chi connectivity index (χ3n) is 7.20. The van der Waals surface area contributed by atoms with E-state index in [0.29, 0.717) is 43.6 Å². The zero-order valence-electron chi connectivity index (χ0n) is 22.0. The van der Waals surface area contributed by atoms with Crippen LogP contribution in [-0.4, -0.2) is 85.1 Å². The molecule has 2 heterocycles. The molecule has 1 atom stereocenters. The highest BCUT2D eigenvalue weighted by Gasteiger charge is 2.42. The fourth-order valence-electron chi connectivity index (χ4n) is 4.99. The van der Waals surface area contributed by atoms with Crippen molar-refractivity contribution < 1.29 is 19.1 Å². The summed E-state index contributed by atoms with van der Waals surface area (Å²) in [5.41, 5.74) is 1.03. The first-order valence-corrected chi connectivity index (χ1v) is 13.5. The quantitative estimate of drug-likeness (QED) is 0.490. The van der Waals surface area contributed by atoms with E-state index in [0.717, 1.165) is 37.1 Å². The van der Waals surface area contributed by atoms with Crippen molar-refractivity contribution in [1.29, 1.82) is 0 Å². The highest BCUT2D eigenvalue weighted by Crippen LogP contribution is 2.27. The van der Waals surface area contributed by atoms with E-state index >= 15 is 0 Å². The molecular weight excluding hydrogens is 490 g/mol. The first kappa shape index (κ1) is 27.4. The Kier molecular flexibility index (Phi) is 9.46. The Morgan fingerprint density at radius 2 is 1.84 bits per heavy atom. The zero-order valence-corrected chi connectivity index (χ0v) is 22.7. The van der Waals surface area contributed by atoms with Gasteiger partial charge in [-0.1, -0.05) is 48.4 Å². The number of carbonyl (C=O) groups is 2. The van der Waals surface area contributed by atoms with Crippen LogP contribution in [0.3, 0.4) is 0 Å². The van der Waals surface area contributed by atoms with Crippen LogP contribution < -0.4 is 4.74 Å². The maximum absolute atomic E-state index is 13.4. The van der Waals surface area contributed by atoms with Gasteiger partial charge in [-0.05, 0) is 62.2 Å². The van der Waals surface area contributed by atoms with Gasteiger partial charge < -0.3 is 19.3 Å². The average Bonchev–Trinajstić information content (AvgIpc) is 2.90. The summed E-state index contributed by atoms with van der Waals surface area (Å²) in [5, 5.41) is 0.670. The molecule has 2 aliphatic rings. The molecule has 2 aromatic carbocycles. The molecule has 0 saturated carbocycles. The molecule has 8 heteroatoms. The smallest absolute Gasteiger partial charge is 0.236 e. The van der Waals surface area contributed by atoms with Gasteiger partial charge in [0.05, 0.1) is 26.1 Å². The SMILES string of the molecule is Cc1cc(OC[C@@]2(CC(=O)N(C)Cc3ccccc3)CN(C(=O)CN3CCCCC3)CCO2)ccc1Cl. The van der Waals surface area contributed by atoms with Gasteiger partial charge in [0.1, 0.15) is 18.0 Å². The van der Waals surface area contributed by atoms with Crippen molar-refractivity contribution in [3.8, 4) is 5.75 Å². The molecule has 2 aliphatic heterocycles. The number of aryl methyl sites for hydroxylation is 1. The summed E-state index contributed by atoms with van der Waals surface area (Å²) in [4.78, 5) is 32.4. The molecule has 2 saturated heterocycles. The molecule has 0 aliphatic carbocycles. The fourth-order valence-corrected chi connectivity index (χ4v) is 5.11. The number of benzene rings is 2. The highest BCUT2D eigenvalue weighted by atomic mass is 35.5. The second-order valence-electron chi connectivity index (χ2n) is 10.3. The Morgan fingerprint density at radius 3 is 2.57 bits per heavy atom. The van der Waals surface area contributed by atoms with E-state index in [1.165, 1.54) is 6.42 Å². The van der Waals surface area contributed by atoms with Crippen LogP contribution in [0.2, 0.25) is 5.02 Å². The molecule has 0 spiro atoms. The number of amides is 2. The van der Waals surface area contributed by atoms with Crippen molar-refractivity contribution in [2.45, 2.75) is 44.8 Å². The van der Waals surface area contributed by atoms with Crippen LogP contribution in [-0.2, 0) is 20.9 Å². The van der Waals surface area contributed by atoms with Gasteiger partial charge in [0, 0.05) is 25.2 Å². The normalized spacial score (nSPS) is 20.5. The van der Waals surface area contributed by atoms with Crippen LogP contribution >= 0.6 is 11.6 Å². The molecule has 200 valence electrons. The summed E-state index contributed by atoms with van der Waals surface area (Å²) in [6.45, 7) is 6.12. The molecule has 0 aromatic heterocycles. The topological polar surface area (TPSA) is 62.3 Å². The average molecular weight is 528 g/mol. The molecule has 0 N–H and O–H groups in total. The van der Waals surface area contributed by atoms with Crippen molar-refractivity contribution >= 4 is 23.4 Å². The van der Waals surface area contributed by atoms with E-state index in [2.05, 4.69) is 4.90 Å². The van der Waals surface area contributed by atoms with Gasteiger partial charge in [0.2, 0.25) is 11.8 Å². The third-order valence-corrected chi connectivity index (χ3v) is 7.63. The van der Waals surface area contributed by atoms with E-state index in [1.807, 2.05) is 54.3 Å². The second kappa shape index (κ2) is 12.8. The summed E-state index contributed by atoms with van der Waals surface area (Å²) >= 11 is 6.18. The molecule has 0 radical (unpaired) electrons. The summed E-state index contributed by atoms with van der Waals surface area (Å²) < 4.78 is 12.4. The Bertz CT molecular complexity index is 1060. The van der Waals surface area contributed by atoms with E-state index in [1.54, 1.807) is 18.0 Å². The van der Waals surface area contributed by atoms with E-state index in [9.17, 15) is 9.59 Å². The lowest BCUT2D eigenvalue weighted by molar-refractivity contribution is -0.166. The molecule has 0 bridgehead atoms. The number of ether oxygens (including phenoxy) is 2. The number of rotatable bonds is 9. The maximum atomic E-state index is 13.4. The minimum Gasteiger partial charge on any atom is -0.490 e. The van der Waals surface area contributed by atoms with Crippen LogP contribution in [0.1, 0.15) is 36.8 Å². The van der Waals surface area contributed by atoms with Gasteiger partial charge in [-0.2, -0.15) is 0 Å². The molecule has 37 heavy (non-hydrogen) atoms. The summed E-state index contributed by atoms with van der Waals surface area (Å²) in [7, 11) is 1.80. The lowest BCUT2D eigenvalue weighted by Crippen LogP contribution is -2.59. The van der Waals surface area contributed by atoms with Crippen molar-refractivity contribution in [3.05, 3.63) is 64.7 Å². The van der Waals surface area contributed by atoms with Gasteiger partial charge in [0.25, 0.3) is 0 Å². The lowest BCUT2D eigenvalue weighted by Gasteiger charge is -2.43. The number of halogens is 1. The summed E-state index contributed by atoms with van der Waals surface area (Å²) in [6, 6.07) is 15.4. The van der Waals surface area contributed by atoms with Crippen molar-refractivity contribution in [2.75, 3.05) is 53.0 Å². The number of nitrogens with zero attached hydrogens (tertiary/aromatic N) is 3. The monoisotopic (exact) mass is 527 g/mol. The number of hydrogen-bond donors (Lipinski definition) is 0. The Hall–Kier alpha value is -2.61. The number of piperidine rings is 1. The minimum absolute atomic E-state index is 0.0509. The third kappa shape index (κ3) is 7.69. The molecule has 0 unspecified atom stereocenters. The Morgan fingerprint density at radius 1 is 1.08 bits per heavy atom. The van der Waals surface area contributed by atoms with Crippen LogP contribution in [0.15, 0.2) is 48.5 Å². The number of hydrogen-bond acceptors (Lipinski definition) is 5. The van der Waals surface area contributed by atoms with Crippen LogP contribution in [0.25, 0.3) is 0 Å². The molecular formula is C29H38ClN3O4. The van der Waals surface area contributed by atoms with Gasteiger partial charge >= 0.3 is 0 Å². The Labute approximate surface area is 225 Å². The van der Waals surface area contributed by atoms with Gasteiger partial charge in [-0.3, -0.25) is 14.5 Å². The van der Waals surface area contributed by atoms with Crippen LogP contribution in [0, 0.1) is 6.92 Å². The fraction of sp³-hybridized carbons (Fsp3) is 0.517. The van der Waals surface area contributed by atoms with Crippen LogP contribution in [0.4, 0.5) is 0 Å². The van der Waals surface area contributed by atoms with Gasteiger partial charge in [0.15, 0.2) is 0 Å². The van der Waals surface area contributed by atoms with Crippen molar-refractivity contribution in [3.63, 3.8) is 0 Å². The number of carbonyl (C=O) groups excluding carboxylic acids is 2. The first-order chi connectivity index (χ1) is 17.8. The molecule has 2 fully saturated rings. The van der Waals surface area contributed by atoms with Gasteiger partial charge in [-0.25, -0.2) is 0 Å². The number of morpholine rings is 1. The van der Waals surface area contributed by atoms with E-state index < -0.39 is 5.60 Å². The van der Waals surface area contributed by atoms with Gasteiger partial charge in [-0.15, -0.1) is 0 Å². The molecule has 4 rings (SSSR count). The second-order valence-corrected chi connectivity index (χ2v) is 10.7. The Balaban J connectivity index is 1.47. The van der Waals surface area contributed by atoms with Crippen molar-refractivity contribution in [2.24, 2.45) is 0 Å². The molecule has 2 amide bonds. The summed E-state index contributed by atoms with van der Waals surface area (Å²) in [5.74, 6) is 0.693. The standard InChI is InChI=1S/C29H38ClN3O4/c1-23-17-25(11-12-26(23)30)36-22-29(18-27(34)31(2)19-24-9-5-3-6-10-24)21-33(15-16-37-29)28(35)20-32-13-7-4-8-14-32/h3,5-6,9-12,17H,4,7-8,13-16,18-22H2,1-2H3/t29-/m1/s1. The first-order valence-electron chi connectivity index (χ1n) is 13.1. The molecule has 7 nitrogen and oxygen atoms in total. The van der Waals surface area contributed by atoms with E-state index in [4.69, 9.17) is 21.1 Å². The zero-order chi connectivity index (χ0) is 26.3. The van der Waals surface area contributed by atoms with E-state index in [-0.39, 0.29) is 24.8 Å². The highest BCUT2D eigenvalue weighted by molar-refractivity contribution is 6.31. The van der Waals surface area contributed by atoms with Crippen LogP contribution in [0.5, 0.6) is 5.75 Å². The maximum Gasteiger partial charge on any atom is 0.236 e. The minimum atomic E-state index is -0.939. The number of likely N-dealkylation sites (tertiary alicyclic amines) is 1. The predicted octanol–water partition coefficient (Wildman–Crippen LogP) is 4.16. The largest absolute Gasteiger partial charge is 0.490 e. The lowest BCUT2D eigenvalue weighted by atomic mass is 9.96.